The van der Waals surface area contributed by atoms with Gasteiger partial charge in [0.05, 0.1) is 59.9 Å². The van der Waals surface area contributed by atoms with Gasteiger partial charge in [-0.05, 0) is 103 Å². The molecule has 3 saturated carbocycles. The first-order valence-electron chi connectivity index (χ1n) is 25.8. The van der Waals surface area contributed by atoms with Crippen LogP contribution in [-0.4, -0.2) is 104 Å². The Morgan fingerprint density at radius 1 is 0.905 bits per heavy atom. The summed E-state index contributed by atoms with van der Waals surface area (Å²) in [6.07, 6.45) is 5.50. The minimum Gasteiger partial charge on any atom is -0.497 e. The fraction of sp³-hybridized carbons (Fsp3) is 0.692. The quantitative estimate of drug-likeness (QED) is 0.0751. The minimum atomic E-state index is -4.46. The third kappa shape index (κ3) is 15.3. The van der Waals surface area contributed by atoms with E-state index in [-0.39, 0.29) is 37.8 Å². The topological polar surface area (TPSA) is 262 Å². The van der Waals surface area contributed by atoms with Crippen molar-refractivity contribution in [1.29, 1.82) is 0 Å². The standard InChI is InChI=1S/C46H65N5O10S2.C6H13NO3S/c1-12-16-45(17-18-45)61-63(56,57)50-41(55)46(23-28(46)13-2)24-37(52)36-20-30(25-51(36)40(54)32(43(5,6)7)21-39(53)60-44(8,9)10)59-38-22-34(35-26-62-42(49-35)47-27(3)4)48-33-19-29(58-11)14-15-31(33)38;1-2-3-6(4-5-6)10-11(7,8)9/h14-15,19,22,26-28,30,32,36H,12-13,16-18,20-21,23-25H2,1-11H3,(H,47,49)(H,50,55);2-5H2,1H3,(H2,7,8,9)/t28-,30-,32-,36+,46-;/m1./s1. The number of rotatable bonds is 23. The fourth-order valence-electron chi connectivity index (χ4n) is 9.94. The molecule has 22 heteroatoms. The van der Waals surface area contributed by atoms with E-state index in [9.17, 15) is 36.0 Å². The molecule has 7 rings (SSSR count). The number of hydrogen-bond acceptors (Lipinski definition) is 17. The summed E-state index contributed by atoms with van der Waals surface area (Å²) in [6, 6.07) is 6.37. The zero-order valence-corrected chi connectivity index (χ0v) is 47.6. The maximum absolute atomic E-state index is 14.9. The van der Waals surface area contributed by atoms with Crippen LogP contribution in [0.4, 0.5) is 5.13 Å². The summed E-state index contributed by atoms with van der Waals surface area (Å²) in [6.45, 7) is 20.8. The molecule has 4 N–H and O–H groups in total. The predicted octanol–water partition coefficient (Wildman–Crippen LogP) is 8.55. The lowest BCUT2D eigenvalue weighted by Gasteiger charge is -2.35. The number of nitrogens with zero attached hydrogens (tertiary/aromatic N) is 3. The summed E-state index contributed by atoms with van der Waals surface area (Å²) in [5.41, 5.74) is -2.26. The largest absolute Gasteiger partial charge is 0.497 e. The minimum absolute atomic E-state index is 0.00271. The number of amides is 2. The van der Waals surface area contributed by atoms with Gasteiger partial charge in [-0.2, -0.15) is 16.8 Å². The van der Waals surface area contributed by atoms with Crippen molar-refractivity contribution in [3.63, 3.8) is 0 Å². The second-order valence-electron chi connectivity index (χ2n) is 22.9. The van der Waals surface area contributed by atoms with Crippen molar-refractivity contribution < 1.29 is 58.6 Å². The smallest absolute Gasteiger partial charge is 0.362 e. The normalized spacial score (nSPS) is 22.3. The molecule has 0 spiro atoms. The first-order chi connectivity index (χ1) is 34.4. The van der Waals surface area contributed by atoms with Gasteiger partial charge in [-0.1, -0.05) is 60.8 Å². The third-order valence-corrected chi connectivity index (χ3v) is 16.4. The van der Waals surface area contributed by atoms with E-state index in [4.69, 9.17) is 37.7 Å². The number of ether oxygens (including phenoxy) is 3. The number of likely N-dealkylation sites (tertiary alicyclic amines) is 1. The van der Waals surface area contributed by atoms with Gasteiger partial charge in [-0.25, -0.2) is 24.0 Å². The zero-order valence-electron chi connectivity index (χ0n) is 45.1. The van der Waals surface area contributed by atoms with Gasteiger partial charge in [0.2, 0.25) is 11.8 Å². The molecule has 3 aromatic rings. The van der Waals surface area contributed by atoms with Gasteiger partial charge in [0.15, 0.2) is 10.9 Å². The molecule has 2 aromatic heterocycles. The van der Waals surface area contributed by atoms with E-state index in [1.807, 2.05) is 66.8 Å². The average molecular weight is 1090 g/mol. The average Bonchev–Trinajstić information content (AvgIpc) is 4.23. The van der Waals surface area contributed by atoms with Crippen molar-refractivity contribution >= 4 is 71.5 Å². The molecule has 3 heterocycles. The summed E-state index contributed by atoms with van der Waals surface area (Å²) < 4.78 is 77.8. The maximum atomic E-state index is 14.9. The van der Waals surface area contributed by atoms with E-state index < -0.39 is 89.9 Å². The molecule has 412 valence electrons. The predicted molar refractivity (Wildman–Crippen MR) is 283 cm³/mol. The Hall–Kier alpha value is -4.48. The molecule has 1 aromatic carbocycles. The second kappa shape index (κ2) is 22.6. The molecule has 1 aliphatic heterocycles. The number of carbonyl (C=O) groups excluding carboxylic acids is 4. The van der Waals surface area contributed by atoms with E-state index in [0.29, 0.717) is 65.9 Å². The van der Waals surface area contributed by atoms with Crippen molar-refractivity contribution in [3.8, 4) is 22.9 Å². The molecular weight excluding hydrogens is 1010 g/mol. The summed E-state index contributed by atoms with van der Waals surface area (Å²) in [5, 5.41) is 11.4. The van der Waals surface area contributed by atoms with Gasteiger partial charge in [-0.15, -0.1) is 11.3 Å². The number of fused-ring (bicyclic) bond motifs is 1. The molecule has 0 unspecified atom stereocenters. The molecule has 3 aliphatic carbocycles. The number of ketones is 1. The van der Waals surface area contributed by atoms with Gasteiger partial charge in [-0.3, -0.25) is 23.4 Å². The number of methoxy groups -OCH3 is 1. The summed E-state index contributed by atoms with van der Waals surface area (Å²) in [7, 11) is -6.63. The van der Waals surface area contributed by atoms with E-state index in [0.717, 1.165) is 37.2 Å². The van der Waals surface area contributed by atoms with Gasteiger partial charge in [0.25, 0.3) is 0 Å². The molecule has 4 aliphatic rings. The van der Waals surface area contributed by atoms with Crippen LogP contribution >= 0.6 is 11.3 Å². The zero-order chi connectivity index (χ0) is 54.8. The summed E-state index contributed by atoms with van der Waals surface area (Å²) in [4.78, 5) is 68.2. The van der Waals surface area contributed by atoms with Gasteiger partial charge < -0.3 is 24.4 Å². The van der Waals surface area contributed by atoms with E-state index in [2.05, 4.69) is 10.0 Å². The molecular formula is C52H78N6O13S3. The molecule has 0 bridgehead atoms. The van der Waals surface area contributed by atoms with E-state index in [1.54, 1.807) is 46.1 Å². The molecule has 4 fully saturated rings. The Kier molecular flexibility index (Phi) is 18.0. The van der Waals surface area contributed by atoms with Crippen molar-refractivity contribution in [1.82, 2.24) is 19.6 Å². The van der Waals surface area contributed by atoms with Crippen LogP contribution in [0.15, 0.2) is 29.6 Å². The number of benzene rings is 1. The van der Waals surface area contributed by atoms with Crippen LogP contribution < -0.4 is 24.7 Å². The Bertz CT molecular complexity index is 2760. The van der Waals surface area contributed by atoms with Crippen LogP contribution in [-0.2, 0) is 52.9 Å². The summed E-state index contributed by atoms with van der Waals surface area (Å²) >= 11 is 1.45. The Balaban J connectivity index is 0.000000717. The van der Waals surface area contributed by atoms with Crippen LogP contribution in [0.2, 0.25) is 0 Å². The van der Waals surface area contributed by atoms with E-state index >= 15 is 0 Å². The molecule has 1 saturated heterocycles. The molecule has 74 heavy (non-hydrogen) atoms. The number of nitrogens with two attached hydrogens (primary N) is 1. The number of hydrogen-bond donors (Lipinski definition) is 3. The Morgan fingerprint density at radius 2 is 1.54 bits per heavy atom. The number of nitrogens with one attached hydrogen (secondary N) is 2. The Morgan fingerprint density at radius 3 is 2.07 bits per heavy atom. The first-order valence-corrected chi connectivity index (χ1v) is 29.6. The lowest BCUT2D eigenvalue weighted by atomic mass is 9.77. The van der Waals surface area contributed by atoms with Crippen molar-refractivity contribution in [2.24, 2.45) is 27.8 Å². The van der Waals surface area contributed by atoms with E-state index in [1.165, 1.54) is 16.2 Å². The van der Waals surface area contributed by atoms with Crippen LogP contribution in [0, 0.1) is 22.7 Å². The monoisotopic (exact) mass is 1090 g/mol. The fourth-order valence-corrected chi connectivity index (χ4v) is 12.7. The highest BCUT2D eigenvalue weighted by molar-refractivity contribution is 7.85. The highest BCUT2D eigenvalue weighted by Crippen LogP contribution is 2.58. The van der Waals surface area contributed by atoms with Crippen molar-refractivity contribution in [2.45, 2.75) is 195 Å². The molecule has 5 atom stereocenters. The van der Waals surface area contributed by atoms with Crippen molar-refractivity contribution in [2.75, 3.05) is 19.0 Å². The molecule has 2 amide bonds. The Labute approximate surface area is 441 Å². The van der Waals surface area contributed by atoms with Crippen LogP contribution in [0.3, 0.4) is 0 Å². The highest BCUT2D eigenvalue weighted by atomic mass is 32.2. The number of Topliss-reactive ketones (excluding diaryl/α,β-unsaturated/α-hetero) is 1. The summed E-state index contributed by atoms with van der Waals surface area (Å²) in [5.74, 6) is -2.21. The van der Waals surface area contributed by atoms with Crippen LogP contribution in [0.5, 0.6) is 11.5 Å². The van der Waals surface area contributed by atoms with Gasteiger partial charge >= 0.3 is 26.6 Å². The SMILES string of the molecule is CCCC1(OS(=O)(=O)NC(=O)[C@@]2(CC(=O)[C@@H]3C[C@@H](Oc4cc(-c5csc(NC(C)C)n5)nc5cc(OC)ccc45)CN3C(=O)[C@@H](CC(=O)OC(C)(C)C)C(C)(C)C)C[C@H]2CC)CC1.CCCC1(OS(N)(=O)=O)CC1. The lowest BCUT2D eigenvalue weighted by Crippen LogP contribution is -2.49. The molecule has 0 radical (unpaired) electrons. The number of aromatic nitrogens is 2. The first kappa shape index (κ1) is 58.8. The maximum Gasteiger partial charge on any atom is 0.362 e. The van der Waals surface area contributed by atoms with Gasteiger partial charge in [0, 0.05) is 41.8 Å². The molecule has 19 nitrogen and oxygen atoms in total. The van der Waals surface area contributed by atoms with Crippen molar-refractivity contribution in [3.05, 3.63) is 29.6 Å². The highest BCUT2D eigenvalue weighted by Gasteiger charge is 2.62. The van der Waals surface area contributed by atoms with Crippen LogP contribution in [0.25, 0.3) is 22.3 Å². The lowest BCUT2D eigenvalue weighted by molar-refractivity contribution is -0.161. The van der Waals surface area contributed by atoms with Gasteiger partial charge in [0.1, 0.15) is 28.9 Å². The number of anilines is 1. The number of esters is 1. The number of thiazole rings is 1. The number of carbonyl (C=O) groups is 4. The van der Waals surface area contributed by atoms with Crippen LogP contribution in [0.1, 0.15) is 160 Å². The second-order valence-corrected chi connectivity index (χ2v) is 26.2. The number of pyridine rings is 1. The third-order valence-electron chi connectivity index (χ3n) is 14.0.